The van der Waals surface area contributed by atoms with Gasteiger partial charge in [0.05, 0.1) is 11.9 Å². The second-order valence-electron chi connectivity index (χ2n) is 3.94. The molecule has 0 fully saturated rings. The molecule has 17 heavy (non-hydrogen) atoms. The molecule has 4 nitrogen and oxygen atoms in total. The predicted octanol–water partition coefficient (Wildman–Crippen LogP) is 1.64. The summed E-state index contributed by atoms with van der Waals surface area (Å²) in [6, 6.07) is 4.97. The fraction of sp³-hybridized carbons (Fsp3) is 0.333. The van der Waals surface area contributed by atoms with E-state index in [2.05, 4.69) is 10.3 Å². The Kier molecular flexibility index (Phi) is 3.49. The van der Waals surface area contributed by atoms with Crippen LogP contribution >= 0.6 is 0 Å². The van der Waals surface area contributed by atoms with Crippen molar-refractivity contribution >= 4 is 0 Å². The molecule has 2 rings (SSSR count). The highest BCUT2D eigenvalue weighted by Gasteiger charge is 2.07. The average Bonchev–Trinajstić information content (AvgIpc) is 2.75. The van der Waals surface area contributed by atoms with Gasteiger partial charge in [0.1, 0.15) is 11.5 Å². The third-order valence-corrected chi connectivity index (χ3v) is 2.48. The van der Waals surface area contributed by atoms with Gasteiger partial charge in [0.25, 0.3) is 0 Å². The van der Waals surface area contributed by atoms with Crippen molar-refractivity contribution in [3.8, 4) is 5.69 Å². The van der Waals surface area contributed by atoms with E-state index in [1.165, 1.54) is 10.7 Å². The van der Waals surface area contributed by atoms with Crippen LogP contribution in [0.15, 0.2) is 24.4 Å². The Morgan fingerprint density at radius 2 is 2.24 bits per heavy atom. The highest BCUT2D eigenvalue weighted by Crippen LogP contribution is 2.14. The summed E-state index contributed by atoms with van der Waals surface area (Å²) in [5.41, 5.74) is 2.00. The van der Waals surface area contributed by atoms with Crippen LogP contribution < -0.4 is 0 Å². The topological polar surface area (TPSA) is 50.9 Å². The molecule has 1 aromatic carbocycles. The number of aryl methyl sites for hydroxylation is 2. The maximum absolute atomic E-state index is 13.7. The lowest BCUT2D eigenvalue weighted by Crippen LogP contribution is -1.98. The molecule has 1 aromatic heterocycles. The van der Waals surface area contributed by atoms with Crippen molar-refractivity contribution in [3.63, 3.8) is 0 Å². The minimum absolute atomic E-state index is 0.117. The van der Waals surface area contributed by atoms with Gasteiger partial charge < -0.3 is 5.11 Å². The van der Waals surface area contributed by atoms with Gasteiger partial charge in [-0.1, -0.05) is 11.3 Å². The molecule has 0 saturated carbocycles. The Morgan fingerprint density at radius 1 is 1.41 bits per heavy atom. The van der Waals surface area contributed by atoms with Crippen LogP contribution in [0.25, 0.3) is 5.69 Å². The van der Waals surface area contributed by atoms with E-state index in [0.29, 0.717) is 18.5 Å². The summed E-state index contributed by atoms with van der Waals surface area (Å²) in [6.45, 7) is 1.95. The van der Waals surface area contributed by atoms with Gasteiger partial charge in [-0.2, -0.15) is 0 Å². The number of hydrogen-bond acceptors (Lipinski definition) is 3. The third-order valence-electron chi connectivity index (χ3n) is 2.48. The summed E-state index contributed by atoms with van der Waals surface area (Å²) < 4.78 is 15.1. The molecule has 0 amide bonds. The first-order valence-corrected chi connectivity index (χ1v) is 5.49. The molecular weight excluding hydrogens is 221 g/mol. The molecule has 1 heterocycles. The fourth-order valence-electron chi connectivity index (χ4n) is 1.59. The molecule has 0 unspecified atom stereocenters. The van der Waals surface area contributed by atoms with Crippen molar-refractivity contribution in [1.29, 1.82) is 0 Å². The number of hydrogen-bond donors (Lipinski definition) is 1. The molecule has 0 aliphatic heterocycles. The Balaban J connectivity index is 2.24. The van der Waals surface area contributed by atoms with E-state index in [-0.39, 0.29) is 12.4 Å². The van der Waals surface area contributed by atoms with Gasteiger partial charge in [0.15, 0.2) is 0 Å². The van der Waals surface area contributed by atoms with E-state index in [0.717, 1.165) is 11.3 Å². The summed E-state index contributed by atoms with van der Waals surface area (Å²) >= 11 is 0. The van der Waals surface area contributed by atoms with Crippen LogP contribution in [0.2, 0.25) is 0 Å². The van der Waals surface area contributed by atoms with E-state index < -0.39 is 0 Å². The summed E-state index contributed by atoms with van der Waals surface area (Å²) in [7, 11) is 0. The van der Waals surface area contributed by atoms with E-state index in [9.17, 15) is 4.39 Å². The van der Waals surface area contributed by atoms with Gasteiger partial charge >= 0.3 is 0 Å². The first-order valence-electron chi connectivity index (χ1n) is 5.49. The molecule has 0 atom stereocenters. The number of rotatable bonds is 4. The van der Waals surface area contributed by atoms with E-state index in [4.69, 9.17) is 5.11 Å². The van der Waals surface area contributed by atoms with Crippen LogP contribution in [0.4, 0.5) is 4.39 Å². The Hall–Kier alpha value is -1.75. The number of halogens is 1. The van der Waals surface area contributed by atoms with Crippen LogP contribution in [0.5, 0.6) is 0 Å². The number of aliphatic hydroxyl groups is 1. The quantitative estimate of drug-likeness (QED) is 0.876. The van der Waals surface area contributed by atoms with E-state index >= 15 is 0 Å². The first-order chi connectivity index (χ1) is 8.20. The maximum Gasteiger partial charge on any atom is 0.149 e. The minimum Gasteiger partial charge on any atom is -0.396 e. The highest BCUT2D eigenvalue weighted by atomic mass is 19.1. The van der Waals surface area contributed by atoms with Gasteiger partial charge in [0.2, 0.25) is 0 Å². The molecule has 0 bridgehead atoms. The van der Waals surface area contributed by atoms with Gasteiger partial charge in [-0.05, 0) is 37.5 Å². The summed E-state index contributed by atoms with van der Waals surface area (Å²) in [4.78, 5) is 0. The number of benzene rings is 1. The fourth-order valence-corrected chi connectivity index (χ4v) is 1.59. The first kappa shape index (κ1) is 11.7. The summed E-state index contributed by atoms with van der Waals surface area (Å²) in [6.07, 6.45) is 2.96. The lowest BCUT2D eigenvalue weighted by atomic mass is 10.2. The molecular formula is C12H14FN3O. The molecule has 2 aromatic rings. The van der Waals surface area contributed by atoms with Crippen molar-refractivity contribution in [1.82, 2.24) is 15.0 Å². The van der Waals surface area contributed by atoms with Gasteiger partial charge in [-0.25, -0.2) is 9.07 Å². The smallest absolute Gasteiger partial charge is 0.149 e. The van der Waals surface area contributed by atoms with Crippen molar-refractivity contribution < 1.29 is 9.50 Å². The summed E-state index contributed by atoms with van der Waals surface area (Å²) in [5, 5.41) is 16.5. The number of aromatic nitrogens is 3. The van der Waals surface area contributed by atoms with Gasteiger partial charge in [-0.3, -0.25) is 0 Å². The van der Waals surface area contributed by atoms with Crippen LogP contribution in [-0.4, -0.2) is 26.7 Å². The van der Waals surface area contributed by atoms with Crippen molar-refractivity contribution in [2.45, 2.75) is 19.8 Å². The lowest BCUT2D eigenvalue weighted by Gasteiger charge is -2.02. The molecule has 0 aliphatic carbocycles. The standard InChI is InChI=1S/C12H14FN3O/c1-9-4-5-12(11(13)7-9)16-8-10(14-15-16)3-2-6-17/h4-5,7-8,17H,2-3,6H2,1H3. The lowest BCUT2D eigenvalue weighted by molar-refractivity contribution is 0.288. The second kappa shape index (κ2) is 5.05. The molecule has 5 heteroatoms. The van der Waals surface area contributed by atoms with Gasteiger partial charge in [0, 0.05) is 6.61 Å². The Bertz CT molecular complexity index is 510. The SMILES string of the molecule is Cc1ccc(-n2cc(CCCO)nn2)c(F)c1. The van der Waals surface area contributed by atoms with E-state index in [1.54, 1.807) is 12.3 Å². The largest absolute Gasteiger partial charge is 0.396 e. The zero-order valence-corrected chi connectivity index (χ0v) is 9.60. The third kappa shape index (κ3) is 2.68. The molecule has 90 valence electrons. The monoisotopic (exact) mass is 235 g/mol. The number of nitrogens with zero attached hydrogens (tertiary/aromatic N) is 3. The highest BCUT2D eigenvalue weighted by molar-refractivity contribution is 5.35. The van der Waals surface area contributed by atoms with Crippen LogP contribution in [0.3, 0.4) is 0 Å². The van der Waals surface area contributed by atoms with Crippen LogP contribution in [0.1, 0.15) is 17.7 Å². The summed E-state index contributed by atoms with van der Waals surface area (Å²) in [5.74, 6) is -0.316. The van der Waals surface area contributed by atoms with Crippen LogP contribution in [-0.2, 0) is 6.42 Å². The number of aliphatic hydroxyl groups excluding tert-OH is 1. The second-order valence-corrected chi connectivity index (χ2v) is 3.94. The van der Waals surface area contributed by atoms with Gasteiger partial charge in [-0.15, -0.1) is 5.10 Å². The zero-order chi connectivity index (χ0) is 12.3. The van der Waals surface area contributed by atoms with Crippen molar-refractivity contribution in [2.75, 3.05) is 6.61 Å². The molecule has 1 N–H and O–H groups in total. The predicted molar refractivity (Wildman–Crippen MR) is 61.5 cm³/mol. The molecule has 0 aliphatic rings. The van der Waals surface area contributed by atoms with Crippen molar-refractivity contribution in [3.05, 3.63) is 41.5 Å². The van der Waals surface area contributed by atoms with E-state index in [1.807, 2.05) is 13.0 Å². The average molecular weight is 235 g/mol. The van der Waals surface area contributed by atoms with Crippen LogP contribution in [0, 0.1) is 12.7 Å². The Labute approximate surface area is 98.7 Å². The maximum atomic E-state index is 13.7. The minimum atomic E-state index is -0.316. The molecule has 0 radical (unpaired) electrons. The Morgan fingerprint density at radius 3 is 2.94 bits per heavy atom. The normalized spacial score (nSPS) is 10.8. The molecule has 0 spiro atoms. The zero-order valence-electron chi connectivity index (χ0n) is 9.60. The molecule has 0 saturated heterocycles. The van der Waals surface area contributed by atoms with Crippen molar-refractivity contribution in [2.24, 2.45) is 0 Å².